The molecule has 5 rings (SSSR count). The van der Waals surface area contributed by atoms with Crippen LogP contribution in [-0.4, -0.2) is 17.9 Å². The summed E-state index contributed by atoms with van der Waals surface area (Å²) >= 11 is 0. The van der Waals surface area contributed by atoms with Gasteiger partial charge in [-0.25, -0.2) is 14.4 Å². The average Bonchev–Trinajstić information content (AvgIpc) is 3.31. The van der Waals surface area contributed by atoms with Gasteiger partial charge in [0.1, 0.15) is 11.7 Å². The molecule has 0 bridgehead atoms. The molecule has 3 aromatic carbocycles. The van der Waals surface area contributed by atoms with Crippen LogP contribution in [0.15, 0.2) is 78.9 Å². The highest BCUT2D eigenvalue weighted by Gasteiger charge is 2.60. The fraction of sp³-hybridized carbons (Fsp3) is 0.167. The summed E-state index contributed by atoms with van der Waals surface area (Å²) in [4.78, 5) is 33.4. The summed E-state index contributed by atoms with van der Waals surface area (Å²) in [6.07, 6.45) is -5.68. The van der Waals surface area contributed by atoms with E-state index in [0.29, 0.717) is 11.3 Å². The Morgan fingerprint density at radius 1 is 0.758 bits per heavy atom. The minimum atomic E-state index is -4.51. The Kier molecular flexibility index (Phi) is 4.93. The molecule has 2 amide bonds. The largest absolute Gasteiger partial charge is 0.416 e. The molecule has 2 aliphatic rings. The molecule has 5 nitrogen and oxygen atoms in total. The number of alkyl halides is 3. The van der Waals surface area contributed by atoms with Crippen LogP contribution in [0.2, 0.25) is 0 Å². The van der Waals surface area contributed by atoms with E-state index in [0.717, 1.165) is 29.2 Å². The second-order valence-electron chi connectivity index (χ2n) is 7.77. The molecular weight excluding hydrogens is 440 g/mol. The van der Waals surface area contributed by atoms with Gasteiger partial charge in [-0.1, -0.05) is 30.3 Å². The lowest BCUT2D eigenvalue weighted by Crippen LogP contribution is -2.37. The van der Waals surface area contributed by atoms with E-state index in [4.69, 9.17) is 4.84 Å². The van der Waals surface area contributed by atoms with Crippen molar-refractivity contribution < 1.29 is 32.0 Å². The van der Waals surface area contributed by atoms with Crippen LogP contribution in [0.4, 0.5) is 28.9 Å². The third-order valence-corrected chi connectivity index (χ3v) is 5.79. The Labute approximate surface area is 185 Å². The number of hydrogen-bond donors (Lipinski definition) is 0. The predicted molar refractivity (Wildman–Crippen MR) is 110 cm³/mol. The van der Waals surface area contributed by atoms with Gasteiger partial charge in [-0.2, -0.15) is 13.2 Å². The predicted octanol–water partition coefficient (Wildman–Crippen LogP) is 4.90. The summed E-state index contributed by atoms with van der Waals surface area (Å²) in [6, 6.07) is 17.2. The standard InChI is InChI=1S/C24H16F4N2O3/c25-16-10-12-17(13-11-16)29-22(31)19-20(14-6-8-15(9-7-14)24(26,27)28)30(33-21(19)23(29)32)18-4-2-1-3-5-18/h1-13,19-21H/t19-,20-,21-/m1/s1. The number of imide groups is 1. The monoisotopic (exact) mass is 456 g/mol. The summed E-state index contributed by atoms with van der Waals surface area (Å²) in [5.74, 6) is -2.71. The van der Waals surface area contributed by atoms with Gasteiger partial charge in [0.15, 0.2) is 6.10 Å². The van der Waals surface area contributed by atoms with Crippen molar-refractivity contribution in [1.29, 1.82) is 0 Å². The second-order valence-corrected chi connectivity index (χ2v) is 7.77. The second kappa shape index (κ2) is 7.70. The highest BCUT2D eigenvalue weighted by atomic mass is 19.4. The smallest absolute Gasteiger partial charge is 0.273 e. The Balaban J connectivity index is 1.57. The zero-order valence-electron chi connectivity index (χ0n) is 16.9. The van der Waals surface area contributed by atoms with Crippen LogP contribution in [-0.2, 0) is 20.6 Å². The van der Waals surface area contributed by atoms with Crippen LogP contribution >= 0.6 is 0 Å². The van der Waals surface area contributed by atoms with Crippen LogP contribution < -0.4 is 9.96 Å². The van der Waals surface area contributed by atoms with Gasteiger partial charge in [-0.15, -0.1) is 0 Å². The van der Waals surface area contributed by atoms with Crippen LogP contribution in [0.25, 0.3) is 0 Å². The lowest BCUT2D eigenvalue weighted by Gasteiger charge is -2.29. The van der Waals surface area contributed by atoms with Gasteiger partial charge in [0.25, 0.3) is 5.91 Å². The number of para-hydroxylation sites is 1. The topological polar surface area (TPSA) is 49.9 Å². The Bertz CT molecular complexity index is 1200. The van der Waals surface area contributed by atoms with Gasteiger partial charge in [-0.05, 0) is 54.1 Å². The first-order chi connectivity index (χ1) is 15.8. The number of benzene rings is 3. The van der Waals surface area contributed by atoms with Crippen molar-refractivity contribution in [3.8, 4) is 0 Å². The number of hydroxylamine groups is 1. The van der Waals surface area contributed by atoms with E-state index < -0.39 is 47.4 Å². The maximum atomic E-state index is 13.4. The number of anilines is 2. The van der Waals surface area contributed by atoms with Gasteiger partial charge in [0, 0.05) is 0 Å². The highest BCUT2D eigenvalue weighted by molar-refractivity contribution is 6.23. The van der Waals surface area contributed by atoms with Gasteiger partial charge >= 0.3 is 6.18 Å². The van der Waals surface area contributed by atoms with Gasteiger partial charge < -0.3 is 0 Å². The number of carbonyl (C=O) groups is 2. The molecular formula is C24H16F4N2O3. The number of carbonyl (C=O) groups excluding carboxylic acids is 2. The Morgan fingerprint density at radius 3 is 2.00 bits per heavy atom. The van der Waals surface area contributed by atoms with Gasteiger partial charge in [-0.3, -0.25) is 14.4 Å². The molecule has 3 atom stereocenters. The fourth-order valence-electron chi connectivity index (χ4n) is 4.27. The molecule has 2 fully saturated rings. The lowest BCUT2D eigenvalue weighted by molar-refractivity contribution is -0.137. The zero-order chi connectivity index (χ0) is 23.3. The summed E-state index contributed by atoms with van der Waals surface area (Å²) in [5, 5.41) is 1.40. The van der Waals surface area contributed by atoms with Crippen molar-refractivity contribution in [2.45, 2.75) is 18.3 Å². The number of amides is 2. The molecule has 2 saturated heterocycles. The van der Waals surface area contributed by atoms with E-state index in [-0.39, 0.29) is 5.69 Å². The summed E-state index contributed by atoms with van der Waals surface area (Å²) in [5.41, 5.74) is 0.309. The molecule has 168 valence electrons. The highest BCUT2D eigenvalue weighted by Crippen LogP contribution is 2.47. The van der Waals surface area contributed by atoms with Crippen LogP contribution in [0.3, 0.4) is 0 Å². The molecule has 0 saturated carbocycles. The molecule has 0 aliphatic carbocycles. The Morgan fingerprint density at radius 2 is 1.39 bits per heavy atom. The van der Waals surface area contributed by atoms with E-state index in [1.165, 1.54) is 29.3 Å². The summed E-state index contributed by atoms with van der Waals surface area (Å²) in [7, 11) is 0. The molecule has 0 radical (unpaired) electrons. The van der Waals surface area contributed by atoms with Gasteiger partial charge in [0.2, 0.25) is 5.91 Å². The van der Waals surface area contributed by atoms with Crippen molar-refractivity contribution in [2.24, 2.45) is 5.92 Å². The van der Waals surface area contributed by atoms with Crippen LogP contribution in [0.5, 0.6) is 0 Å². The first kappa shape index (κ1) is 21.1. The molecule has 9 heteroatoms. The third kappa shape index (κ3) is 3.54. The molecule has 0 unspecified atom stereocenters. The van der Waals surface area contributed by atoms with Crippen molar-refractivity contribution >= 4 is 23.2 Å². The first-order valence-corrected chi connectivity index (χ1v) is 10.1. The van der Waals surface area contributed by atoms with Crippen LogP contribution in [0.1, 0.15) is 17.2 Å². The summed E-state index contributed by atoms with van der Waals surface area (Å²) in [6.45, 7) is 0. The number of nitrogens with zero attached hydrogens (tertiary/aromatic N) is 2. The molecule has 33 heavy (non-hydrogen) atoms. The van der Waals surface area contributed by atoms with Crippen LogP contribution in [0, 0.1) is 11.7 Å². The minimum absolute atomic E-state index is 0.196. The number of fused-ring (bicyclic) bond motifs is 1. The maximum Gasteiger partial charge on any atom is 0.416 e. The van der Waals surface area contributed by atoms with E-state index in [9.17, 15) is 27.2 Å². The van der Waals surface area contributed by atoms with Crippen molar-refractivity contribution in [1.82, 2.24) is 0 Å². The molecule has 0 aromatic heterocycles. The SMILES string of the molecule is O=C1[C@@H]2[C@@H](c3ccc(C(F)(F)F)cc3)N(c3ccccc3)O[C@H]2C(=O)N1c1ccc(F)cc1. The molecule has 0 N–H and O–H groups in total. The number of halogens is 4. The van der Waals surface area contributed by atoms with Crippen molar-refractivity contribution in [3.05, 3.63) is 95.8 Å². The third-order valence-electron chi connectivity index (χ3n) is 5.79. The molecule has 3 aromatic rings. The maximum absolute atomic E-state index is 13.4. The zero-order valence-corrected chi connectivity index (χ0v) is 16.9. The molecule has 2 aliphatic heterocycles. The molecule has 2 heterocycles. The average molecular weight is 456 g/mol. The fourth-order valence-corrected chi connectivity index (χ4v) is 4.27. The van der Waals surface area contributed by atoms with E-state index in [1.807, 2.05) is 0 Å². The quantitative estimate of drug-likeness (QED) is 0.416. The number of rotatable bonds is 3. The number of hydrogen-bond acceptors (Lipinski definition) is 4. The van der Waals surface area contributed by atoms with Gasteiger partial charge in [0.05, 0.1) is 23.0 Å². The van der Waals surface area contributed by atoms with Crippen molar-refractivity contribution in [3.63, 3.8) is 0 Å². The minimum Gasteiger partial charge on any atom is -0.273 e. The Hall–Kier alpha value is -3.72. The lowest BCUT2D eigenvalue weighted by atomic mass is 9.90. The normalized spacial score (nSPS) is 22.7. The van der Waals surface area contributed by atoms with E-state index >= 15 is 0 Å². The van der Waals surface area contributed by atoms with E-state index in [2.05, 4.69) is 0 Å². The van der Waals surface area contributed by atoms with E-state index in [1.54, 1.807) is 30.3 Å². The van der Waals surface area contributed by atoms with Crippen molar-refractivity contribution in [2.75, 3.05) is 9.96 Å². The first-order valence-electron chi connectivity index (χ1n) is 10.1. The molecule has 0 spiro atoms. The summed E-state index contributed by atoms with van der Waals surface area (Å²) < 4.78 is 52.5.